The van der Waals surface area contributed by atoms with Crippen LogP contribution in [0.5, 0.6) is 0 Å². The van der Waals surface area contributed by atoms with Crippen molar-refractivity contribution in [2.75, 3.05) is 33.5 Å². The number of hydrogen-bond acceptors (Lipinski definition) is 3. The van der Waals surface area contributed by atoms with E-state index in [0.717, 1.165) is 6.54 Å². The minimum absolute atomic E-state index is 0.222. The second-order valence-corrected chi connectivity index (χ2v) is 9.34. The molecule has 0 saturated heterocycles. The van der Waals surface area contributed by atoms with E-state index in [2.05, 4.69) is 36.9 Å². The summed E-state index contributed by atoms with van der Waals surface area (Å²) in [5, 5.41) is 6.69. The average Bonchev–Trinajstić information content (AvgIpc) is 2.60. The molecule has 2 aromatic carbocycles. The normalized spacial score (nSPS) is 11.6. The summed E-state index contributed by atoms with van der Waals surface area (Å²) in [6.45, 7) is 1.54. The Bertz CT molecular complexity index is 896. The Balaban J connectivity index is 2.03. The molecule has 0 aliphatic heterocycles. The number of hydrogen-bond donors (Lipinski definition) is 3. The molecule has 2 rings (SSSR count). The lowest BCUT2D eigenvalue weighted by Crippen LogP contribution is -3.04. The maximum absolute atomic E-state index is 12.3. The van der Waals surface area contributed by atoms with Crippen molar-refractivity contribution in [3.8, 4) is 0 Å². The Labute approximate surface area is 167 Å². The minimum Gasteiger partial charge on any atom is -0.358 e. The molecule has 0 amide bonds. The molecule has 0 fully saturated rings. The largest absolute Gasteiger partial charge is 0.358 e. The highest BCUT2D eigenvalue weighted by Crippen LogP contribution is 2.18. The molecule has 0 atom stereocenters. The number of anilines is 1. The number of rotatable bonds is 7. The van der Waals surface area contributed by atoms with Crippen LogP contribution >= 0.6 is 12.2 Å². The molecule has 0 radical (unpaired) electrons. The Hall–Kier alpha value is -2.00. The summed E-state index contributed by atoms with van der Waals surface area (Å²) >= 11 is 5.37. The van der Waals surface area contributed by atoms with Crippen LogP contribution in [0.15, 0.2) is 53.4 Å². The van der Waals surface area contributed by atoms with Gasteiger partial charge in [-0.05, 0) is 36.0 Å². The summed E-state index contributed by atoms with van der Waals surface area (Å²) in [6, 6.07) is 14.9. The van der Waals surface area contributed by atoms with E-state index in [0.29, 0.717) is 17.3 Å². The first-order valence-corrected chi connectivity index (χ1v) is 10.5. The van der Waals surface area contributed by atoms with Gasteiger partial charge in [-0.1, -0.05) is 30.3 Å². The first-order valence-electron chi connectivity index (χ1n) is 8.63. The Morgan fingerprint density at radius 2 is 1.74 bits per heavy atom. The highest BCUT2D eigenvalue weighted by atomic mass is 32.2. The monoisotopic (exact) mass is 407 g/mol. The van der Waals surface area contributed by atoms with Crippen molar-refractivity contribution in [3.63, 3.8) is 0 Å². The summed E-state index contributed by atoms with van der Waals surface area (Å²) in [6.07, 6.45) is 0. The SMILES string of the molecule is CN(C)S(=O)(=O)c1cccc(NC(=S)NCc2ccccc2C[NH+](C)C)c1. The van der Waals surface area contributed by atoms with Crippen molar-refractivity contribution >= 4 is 33.0 Å². The summed E-state index contributed by atoms with van der Waals surface area (Å²) in [5.74, 6) is 0. The van der Waals surface area contributed by atoms with Gasteiger partial charge >= 0.3 is 0 Å². The Morgan fingerprint density at radius 1 is 1.07 bits per heavy atom. The van der Waals surface area contributed by atoms with Gasteiger partial charge < -0.3 is 15.5 Å². The van der Waals surface area contributed by atoms with Gasteiger partial charge in [0, 0.05) is 31.9 Å². The lowest BCUT2D eigenvalue weighted by atomic mass is 10.1. The number of benzene rings is 2. The van der Waals surface area contributed by atoms with E-state index in [-0.39, 0.29) is 4.90 Å². The van der Waals surface area contributed by atoms with Crippen LogP contribution in [0.1, 0.15) is 11.1 Å². The summed E-state index contributed by atoms with van der Waals surface area (Å²) in [4.78, 5) is 1.57. The highest BCUT2D eigenvalue weighted by molar-refractivity contribution is 7.89. The van der Waals surface area contributed by atoms with Crippen LogP contribution in [0.3, 0.4) is 0 Å². The second-order valence-electron chi connectivity index (χ2n) is 6.78. The number of nitrogens with zero attached hydrogens (tertiary/aromatic N) is 1. The number of thiocarbonyl (C=S) groups is 1. The minimum atomic E-state index is -3.48. The van der Waals surface area contributed by atoms with Crippen molar-refractivity contribution in [1.82, 2.24) is 9.62 Å². The third kappa shape index (κ3) is 6.00. The molecule has 8 heteroatoms. The fourth-order valence-electron chi connectivity index (χ4n) is 2.58. The molecular weight excluding hydrogens is 380 g/mol. The molecule has 6 nitrogen and oxygen atoms in total. The van der Waals surface area contributed by atoms with Crippen LogP contribution in [0.25, 0.3) is 0 Å². The highest BCUT2D eigenvalue weighted by Gasteiger charge is 2.17. The lowest BCUT2D eigenvalue weighted by Gasteiger charge is -2.15. The van der Waals surface area contributed by atoms with Crippen LogP contribution in [-0.4, -0.2) is 46.0 Å². The smallest absolute Gasteiger partial charge is 0.242 e. The molecule has 0 bridgehead atoms. The van der Waals surface area contributed by atoms with Gasteiger partial charge in [0.1, 0.15) is 6.54 Å². The molecular formula is C19H27N4O2S2+. The first kappa shape index (κ1) is 21.3. The predicted octanol–water partition coefficient (Wildman–Crippen LogP) is 1.07. The molecule has 0 aliphatic carbocycles. The Kier molecular flexibility index (Phi) is 7.32. The third-order valence-corrected chi connectivity index (χ3v) is 6.03. The number of quaternary nitrogens is 1. The molecule has 0 heterocycles. The van der Waals surface area contributed by atoms with E-state index in [1.54, 1.807) is 24.3 Å². The zero-order valence-corrected chi connectivity index (χ0v) is 17.7. The first-order chi connectivity index (χ1) is 12.7. The molecule has 0 aliphatic rings. The van der Waals surface area contributed by atoms with E-state index >= 15 is 0 Å². The molecule has 3 N–H and O–H groups in total. The Morgan fingerprint density at radius 3 is 2.37 bits per heavy atom. The molecule has 0 aromatic heterocycles. The third-order valence-electron chi connectivity index (χ3n) is 3.97. The zero-order valence-electron chi connectivity index (χ0n) is 16.1. The number of sulfonamides is 1. The van der Waals surface area contributed by atoms with Crippen LogP contribution < -0.4 is 15.5 Å². The quantitative estimate of drug-likeness (QED) is 0.599. The van der Waals surface area contributed by atoms with E-state index in [4.69, 9.17) is 12.2 Å². The van der Waals surface area contributed by atoms with Gasteiger partial charge in [0.05, 0.1) is 19.0 Å². The summed E-state index contributed by atoms with van der Waals surface area (Å²) in [5.41, 5.74) is 3.08. The molecule has 0 unspecified atom stereocenters. The lowest BCUT2D eigenvalue weighted by molar-refractivity contribution is -0.872. The molecule has 2 aromatic rings. The average molecular weight is 408 g/mol. The topological polar surface area (TPSA) is 65.9 Å². The van der Waals surface area contributed by atoms with Crippen molar-refractivity contribution in [1.29, 1.82) is 0 Å². The zero-order chi connectivity index (χ0) is 20.0. The van der Waals surface area contributed by atoms with Gasteiger partial charge in [-0.3, -0.25) is 0 Å². The standard InChI is InChI=1S/C19H26N4O2S2/c1-22(2)14-16-9-6-5-8-15(16)13-20-19(26)21-17-10-7-11-18(12-17)27(24,25)23(3)4/h5-12H,13-14H2,1-4H3,(H2,20,21,26)/p+1. The van der Waals surface area contributed by atoms with Crippen molar-refractivity contribution < 1.29 is 13.3 Å². The van der Waals surface area contributed by atoms with E-state index < -0.39 is 10.0 Å². The van der Waals surface area contributed by atoms with Crippen molar-refractivity contribution in [2.24, 2.45) is 0 Å². The molecule has 146 valence electrons. The number of nitrogens with one attached hydrogen (secondary N) is 3. The van der Waals surface area contributed by atoms with Gasteiger partial charge in [0.15, 0.2) is 5.11 Å². The van der Waals surface area contributed by atoms with Gasteiger partial charge in [-0.25, -0.2) is 12.7 Å². The van der Waals surface area contributed by atoms with Crippen LogP contribution in [0, 0.1) is 0 Å². The van der Waals surface area contributed by atoms with Crippen LogP contribution in [0.4, 0.5) is 5.69 Å². The van der Waals surface area contributed by atoms with Gasteiger partial charge in [-0.2, -0.15) is 0 Å². The van der Waals surface area contributed by atoms with E-state index in [9.17, 15) is 8.42 Å². The van der Waals surface area contributed by atoms with Crippen LogP contribution in [-0.2, 0) is 23.1 Å². The molecule has 0 spiro atoms. The van der Waals surface area contributed by atoms with Gasteiger partial charge in [0.25, 0.3) is 0 Å². The van der Waals surface area contributed by atoms with Gasteiger partial charge in [-0.15, -0.1) is 0 Å². The predicted molar refractivity (Wildman–Crippen MR) is 113 cm³/mol. The fraction of sp³-hybridized carbons (Fsp3) is 0.316. The fourth-order valence-corrected chi connectivity index (χ4v) is 3.72. The maximum atomic E-state index is 12.3. The second kappa shape index (κ2) is 9.27. The van der Waals surface area contributed by atoms with E-state index in [1.165, 1.54) is 34.4 Å². The summed E-state index contributed by atoms with van der Waals surface area (Å²) < 4.78 is 25.7. The summed E-state index contributed by atoms with van der Waals surface area (Å²) in [7, 11) is 3.77. The van der Waals surface area contributed by atoms with Gasteiger partial charge in [0.2, 0.25) is 10.0 Å². The van der Waals surface area contributed by atoms with Crippen molar-refractivity contribution in [3.05, 3.63) is 59.7 Å². The maximum Gasteiger partial charge on any atom is 0.242 e. The molecule has 27 heavy (non-hydrogen) atoms. The van der Waals surface area contributed by atoms with E-state index in [1.807, 2.05) is 12.1 Å². The molecule has 0 saturated carbocycles. The van der Waals surface area contributed by atoms with Crippen molar-refractivity contribution in [2.45, 2.75) is 18.0 Å². The van der Waals surface area contributed by atoms with Crippen LogP contribution in [0.2, 0.25) is 0 Å².